The van der Waals surface area contributed by atoms with Crippen LogP contribution in [-0.2, 0) is 0 Å². The maximum absolute atomic E-state index is 5.83. The first-order valence-corrected chi connectivity index (χ1v) is 5.85. The molecule has 2 aromatic carbocycles. The van der Waals surface area contributed by atoms with Crippen molar-refractivity contribution in [3.8, 4) is 5.75 Å². The van der Waals surface area contributed by atoms with Crippen molar-refractivity contribution in [3.05, 3.63) is 65.7 Å². The Kier molecular flexibility index (Phi) is 4.29. The van der Waals surface area contributed by atoms with Gasteiger partial charge in [-0.05, 0) is 17.7 Å². The van der Waals surface area contributed by atoms with Crippen LogP contribution in [0.4, 0.5) is 0 Å². The molecule has 0 saturated carbocycles. The molecule has 0 aliphatic heterocycles. The Morgan fingerprint density at radius 1 is 1.11 bits per heavy atom. The highest BCUT2D eigenvalue weighted by Crippen LogP contribution is 2.10. The fourth-order valence-electron chi connectivity index (χ4n) is 1.55. The molecule has 0 unspecified atom stereocenters. The Morgan fingerprint density at radius 2 is 1.89 bits per heavy atom. The van der Waals surface area contributed by atoms with E-state index in [2.05, 4.69) is 10.2 Å². The van der Waals surface area contributed by atoms with Crippen LogP contribution in [0.25, 0.3) is 0 Å². The molecule has 0 aliphatic carbocycles. The molecule has 0 saturated heterocycles. The minimum Gasteiger partial charge on any atom is -0.497 e. The molecule has 96 valence electrons. The summed E-state index contributed by atoms with van der Waals surface area (Å²) in [5, 5.41) is 7.94. The van der Waals surface area contributed by atoms with Crippen LogP contribution >= 0.6 is 0 Å². The average Bonchev–Trinajstić information content (AvgIpc) is 2.48. The quantitative estimate of drug-likeness (QED) is 0.517. The first-order valence-electron chi connectivity index (χ1n) is 5.85. The van der Waals surface area contributed by atoms with E-state index in [-0.39, 0.29) is 0 Å². The molecular formula is C15H15N3O. The van der Waals surface area contributed by atoms with E-state index in [0.717, 1.165) is 16.9 Å². The lowest BCUT2D eigenvalue weighted by Crippen LogP contribution is -2.12. The van der Waals surface area contributed by atoms with Crippen LogP contribution in [0.1, 0.15) is 11.1 Å². The Bertz CT molecular complexity index is 591. The number of benzene rings is 2. The maximum Gasteiger partial charge on any atom is 0.153 e. The third-order valence-corrected chi connectivity index (χ3v) is 2.54. The van der Waals surface area contributed by atoms with Crippen molar-refractivity contribution in [2.24, 2.45) is 15.9 Å². The van der Waals surface area contributed by atoms with Gasteiger partial charge in [-0.2, -0.15) is 5.10 Å². The molecule has 2 rings (SSSR count). The first kappa shape index (κ1) is 12.8. The number of nitrogens with two attached hydrogens (primary N) is 1. The van der Waals surface area contributed by atoms with Crippen LogP contribution in [0.5, 0.6) is 5.75 Å². The van der Waals surface area contributed by atoms with Gasteiger partial charge in [-0.3, -0.25) is 0 Å². The molecule has 0 atom stereocenters. The largest absolute Gasteiger partial charge is 0.497 e. The van der Waals surface area contributed by atoms with Crippen LogP contribution in [0.15, 0.2) is 64.8 Å². The van der Waals surface area contributed by atoms with Crippen molar-refractivity contribution in [2.75, 3.05) is 7.11 Å². The number of hydrogen-bond acceptors (Lipinski definition) is 3. The van der Waals surface area contributed by atoms with Crippen LogP contribution in [0.2, 0.25) is 0 Å². The molecule has 0 radical (unpaired) electrons. The summed E-state index contributed by atoms with van der Waals surface area (Å²) in [4.78, 5) is 0. The average molecular weight is 253 g/mol. The zero-order valence-electron chi connectivity index (χ0n) is 10.7. The summed E-state index contributed by atoms with van der Waals surface area (Å²) in [5.41, 5.74) is 7.59. The highest BCUT2D eigenvalue weighted by Gasteiger charge is 1.95. The summed E-state index contributed by atoms with van der Waals surface area (Å²) in [6.45, 7) is 0. The van der Waals surface area contributed by atoms with E-state index in [1.54, 1.807) is 13.3 Å². The van der Waals surface area contributed by atoms with Gasteiger partial charge in [0.1, 0.15) is 5.75 Å². The highest BCUT2D eigenvalue weighted by molar-refractivity contribution is 5.97. The van der Waals surface area contributed by atoms with E-state index in [0.29, 0.717) is 5.84 Å². The summed E-state index contributed by atoms with van der Waals surface area (Å²) < 4.78 is 5.13. The topological polar surface area (TPSA) is 60.0 Å². The number of ether oxygens (including phenoxy) is 1. The lowest BCUT2D eigenvalue weighted by atomic mass is 10.2. The minimum absolute atomic E-state index is 0.389. The number of amidine groups is 1. The van der Waals surface area contributed by atoms with E-state index in [4.69, 9.17) is 10.5 Å². The summed E-state index contributed by atoms with van der Waals surface area (Å²) in [5.74, 6) is 1.17. The van der Waals surface area contributed by atoms with Gasteiger partial charge < -0.3 is 10.5 Å². The van der Waals surface area contributed by atoms with Crippen molar-refractivity contribution in [1.82, 2.24) is 0 Å². The smallest absolute Gasteiger partial charge is 0.153 e. The number of hydrogen-bond donors (Lipinski definition) is 1. The summed E-state index contributed by atoms with van der Waals surface area (Å²) >= 11 is 0. The standard InChI is InChI=1S/C15H15N3O/c1-19-14-9-5-6-12(10-14)11-17-18-15(16)13-7-3-2-4-8-13/h2-11H,1H3,(H2,16,18)/b17-11+. The van der Waals surface area contributed by atoms with Gasteiger partial charge >= 0.3 is 0 Å². The Morgan fingerprint density at radius 3 is 2.63 bits per heavy atom. The van der Waals surface area contributed by atoms with Crippen molar-refractivity contribution in [1.29, 1.82) is 0 Å². The second kappa shape index (κ2) is 6.35. The summed E-state index contributed by atoms with van der Waals surface area (Å²) in [6.07, 6.45) is 1.64. The van der Waals surface area contributed by atoms with E-state index >= 15 is 0 Å². The molecule has 0 spiro atoms. The summed E-state index contributed by atoms with van der Waals surface area (Å²) in [6, 6.07) is 17.1. The molecule has 4 nitrogen and oxygen atoms in total. The zero-order valence-corrected chi connectivity index (χ0v) is 10.7. The third-order valence-electron chi connectivity index (χ3n) is 2.54. The molecule has 0 heterocycles. The fourth-order valence-corrected chi connectivity index (χ4v) is 1.55. The van der Waals surface area contributed by atoms with Crippen molar-refractivity contribution >= 4 is 12.1 Å². The molecule has 0 fully saturated rings. The van der Waals surface area contributed by atoms with E-state index in [9.17, 15) is 0 Å². The molecule has 2 N–H and O–H groups in total. The first-order chi connectivity index (χ1) is 9.29. The van der Waals surface area contributed by atoms with Gasteiger partial charge in [0.15, 0.2) is 5.84 Å². The van der Waals surface area contributed by atoms with Crippen LogP contribution < -0.4 is 10.5 Å². The highest BCUT2D eigenvalue weighted by atomic mass is 16.5. The van der Waals surface area contributed by atoms with E-state index in [1.807, 2.05) is 54.6 Å². The lowest BCUT2D eigenvalue weighted by molar-refractivity contribution is 0.415. The SMILES string of the molecule is COc1cccc(/C=N/N=C(/N)c2ccccc2)c1. The van der Waals surface area contributed by atoms with Gasteiger partial charge in [-0.1, -0.05) is 42.5 Å². The predicted molar refractivity (Wildman–Crippen MR) is 77.8 cm³/mol. The molecule has 0 aliphatic rings. The Hall–Kier alpha value is -2.62. The molecule has 0 aromatic heterocycles. The van der Waals surface area contributed by atoms with Gasteiger partial charge in [0.2, 0.25) is 0 Å². The number of methoxy groups -OCH3 is 1. The minimum atomic E-state index is 0.389. The summed E-state index contributed by atoms with van der Waals surface area (Å²) in [7, 11) is 1.63. The van der Waals surface area contributed by atoms with Gasteiger partial charge in [-0.15, -0.1) is 5.10 Å². The van der Waals surface area contributed by atoms with Gasteiger partial charge in [0.05, 0.1) is 13.3 Å². The van der Waals surface area contributed by atoms with Gasteiger partial charge in [0.25, 0.3) is 0 Å². The predicted octanol–water partition coefficient (Wildman–Crippen LogP) is 2.43. The molecule has 2 aromatic rings. The molecule has 0 amide bonds. The van der Waals surface area contributed by atoms with Crippen LogP contribution in [0.3, 0.4) is 0 Å². The zero-order chi connectivity index (χ0) is 13.5. The van der Waals surface area contributed by atoms with E-state index in [1.165, 1.54) is 0 Å². The molecule has 4 heteroatoms. The fraction of sp³-hybridized carbons (Fsp3) is 0.0667. The van der Waals surface area contributed by atoms with Crippen molar-refractivity contribution in [2.45, 2.75) is 0 Å². The number of rotatable bonds is 4. The van der Waals surface area contributed by atoms with Crippen molar-refractivity contribution < 1.29 is 4.74 Å². The monoisotopic (exact) mass is 253 g/mol. The molecule has 0 bridgehead atoms. The van der Waals surface area contributed by atoms with Crippen LogP contribution in [-0.4, -0.2) is 19.2 Å². The second-order valence-electron chi connectivity index (χ2n) is 3.87. The molecule has 19 heavy (non-hydrogen) atoms. The Balaban J connectivity index is 2.10. The second-order valence-corrected chi connectivity index (χ2v) is 3.87. The van der Waals surface area contributed by atoms with Gasteiger partial charge in [-0.25, -0.2) is 0 Å². The maximum atomic E-state index is 5.83. The molecular weight excluding hydrogens is 238 g/mol. The van der Waals surface area contributed by atoms with E-state index < -0.39 is 0 Å². The Labute approximate surface area is 112 Å². The lowest BCUT2D eigenvalue weighted by Gasteiger charge is -1.99. The number of nitrogens with zero attached hydrogens (tertiary/aromatic N) is 2. The van der Waals surface area contributed by atoms with Gasteiger partial charge in [0, 0.05) is 5.56 Å². The van der Waals surface area contributed by atoms with Crippen LogP contribution in [0, 0.1) is 0 Å². The normalized spacial score (nSPS) is 11.7. The van der Waals surface area contributed by atoms with Crippen molar-refractivity contribution in [3.63, 3.8) is 0 Å². The third kappa shape index (κ3) is 3.67.